The second kappa shape index (κ2) is 6.15. The summed E-state index contributed by atoms with van der Waals surface area (Å²) in [5, 5.41) is 10.9. The van der Waals surface area contributed by atoms with Gasteiger partial charge in [-0.25, -0.2) is 10.9 Å². The van der Waals surface area contributed by atoms with Crippen LogP contribution in [-0.2, 0) is 11.2 Å². The summed E-state index contributed by atoms with van der Waals surface area (Å²) in [6.07, 6.45) is 1.35. The van der Waals surface area contributed by atoms with Gasteiger partial charge in [0, 0.05) is 12.1 Å². The third-order valence-electron chi connectivity index (χ3n) is 4.40. The number of benzene rings is 2. The van der Waals surface area contributed by atoms with Crippen LogP contribution < -0.4 is 20.3 Å². The fourth-order valence-electron chi connectivity index (χ4n) is 3.13. The van der Waals surface area contributed by atoms with Crippen molar-refractivity contribution >= 4 is 12.0 Å². The van der Waals surface area contributed by atoms with Gasteiger partial charge in [0.05, 0.1) is 17.0 Å². The van der Waals surface area contributed by atoms with Gasteiger partial charge in [-0.3, -0.25) is 10.1 Å². The number of nitro benzene ring substituents is 1. The zero-order valence-corrected chi connectivity index (χ0v) is 13.1. The molecule has 4 rings (SSSR count). The molecule has 0 aliphatic carbocycles. The van der Waals surface area contributed by atoms with Crippen LogP contribution in [0.15, 0.2) is 36.4 Å². The topological polar surface area (TPSA) is 103 Å². The van der Waals surface area contributed by atoms with Gasteiger partial charge in [0.25, 0.3) is 5.69 Å². The summed E-state index contributed by atoms with van der Waals surface area (Å²) in [7, 11) is 0. The predicted octanol–water partition coefficient (Wildman–Crippen LogP) is 1.63. The van der Waals surface area contributed by atoms with E-state index < -0.39 is 4.92 Å². The molecule has 0 aromatic heterocycles. The van der Waals surface area contributed by atoms with Crippen LogP contribution in [0.1, 0.15) is 22.7 Å². The van der Waals surface area contributed by atoms with Gasteiger partial charge in [-0.2, -0.15) is 0 Å². The standard InChI is InChI=1S/C17H15N3O5/c21-8-12-5-11-6-15-16(25-9-24-15)7-14(11)17(19-18-12)10-1-3-13(4-2-10)20(22)23/h1-4,6-8,12,17-19H,5,9H2. The van der Waals surface area contributed by atoms with Crippen LogP contribution in [0.2, 0.25) is 0 Å². The number of ether oxygens (including phenoxy) is 2. The Kier molecular flexibility index (Phi) is 3.83. The lowest BCUT2D eigenvalue weighted by molar-refractivity contribution is -0.384. The minimum atomic E-state index is -0.434. The average molecular weight is 341 g/mol. The summed E-state index contributed by atoms with van der Waals surface area (Å²) in [5.74, 6) is 1.31. The summed E-state index contributed by atoms with van der Waals surface area (Å²) >= 11 is 0. The Hall–Kier alpha value is -2.97. The Balaban J connectivity index is 1.78. The van der Waals surface area contributed by atoms with Gasteiger partial charge in [-0.1, -0.05) is 12.1 Å². The molecule has 0 spiro atoms. The van der Waals surface area contributed by atoms with Gasteiger partial charge < -0.3 is 14.3 Å². The first kappa shape index (κ1) is 15.6. The first-order valence-corrected chi connectivity index (χ1v) is 7.79. The first-order chi connectivity index (χ1) is 12.2. The molecule has 8 heteroatoms. The van der Waals surface area contributed by atoms with E-state index in [0.29, 0.717) is 17.9 Å². The van der Waals surface area contributed by atoms with E-state index >= 15 is 0 Å². The number of hydrogen-bond acceptors (Lipinski definition) is 7. The molecule has 8 nitrogen and oxygen atoms in total. The second-order valence-electron chi connectivity index (χ2n) is 5.92. The van der Waals surface area contributed by atoms with Crippen molar-refractivity contribution in [1.29, 1.82) is 0 Å². The number of carbonyl (C=O) groups excluding carboxylic acids is 1. The third kappa shape index (κ3) is 2.81. The molecule has 2 atom stereocenters. The number of nitrogens with zero attached hydrogens (tertiary/aromatic N) is 1. The van der Waals surface area contributed by atoms with Crippen LogP contribution in [0.3, 0.4) is 0 Å². The molecule has 2 aliphatic rings. The van der Waals surface area contributed by atoms with Gasteiger partial charge in [0.15, 0.2) is 11.5 Å². The van der Waals surface area contributed by atoms with Crippen LogP contribution in [0.25, 0.3) is 0 Å². The van der Waals surface area contributed by atoms with Crippen LogP contribution in [-0.4, -0.2) is 24.0 Å². The van der Waals surface area contributed by atoms with Crippen molar-refractivity contribution in [3.05, 3.63) is 63.2 Å². The molecule has 2 heterocycles. The summed E-state index contributed by atoms with van der Waals surface area (Å²) in [4.78, 5) is 21.7. The highest BCUT2D eigenvalue weighted by Gasteiger charge is 2.28. The van der Waals surface area contributed by atoms with E-state index in [-0.39, 0.29) is 24.6 Å². The molecule has 0 radical (unpaired) electrons. The Morgan fingerprint density at radius 1 is 1.12 bits per heavy atom. The van der Waals surface area contributed by atoms with Gasteiger partial charge in [0.1, 0.15) is 6.29 Å². The lowest BCUT2D eigenvalue weighted by Gasteiger charge is -2.20. The fraction of sp³-hybridized carbons (Fsp3) is 0.235. The second-order valence-corrected chi connectivity index (χ2v) is 5.92. The van der Waals surface area contributed by atoms with Gasteiger partial charge >= 0.3 is 0 Å². The van der Waals surface area contributed by atoms with Crippen LogP contribution in [0, 0.1) is 10.1 Å². The largest absolute Gasteiger partial charge is 0.454 e. The third-order valence-corrected chi connectivity index (χ3v) is 4.40. The van der Waals surface area contributed by atoms with Gasteiger partial charge in [0.2, 0.25) is 6.79 Å². The first-order valence-electron chi connectivity index (χ1n) is 7.79. The molecule has 25 heavy (non-hydrogen) atoms. The lowest BCUT2D eigenvalue weighted by atomic mass is 9.92. The summed E-state index contributed by atoms with van der Waals surface area (Å²) < 4.78 is 10.9. The maximum absolute atomic E-state index is 11.3. The smallest absolute Gasteiger partial charge is 0.269 e. The van der Waals surface area contributed by atoms with Crippen molar-refractivity contribution < 1.29 is 19.2 Å². The van der Waals surface area contributed by atoms with Crippen molar-refractivity contribution in [2.45, 2.75) is 18.5 Å². The molecule has 0 fully saturated rings. The molecular weight excluding hydrogens is 326 g/mol. The average Bonchev–Trinajstić information content (AvgIpc) is 3.00. The number of aldehydes is 1. The molecule has 2 aliphatic heterocycles. The van der Waals surface area contributed by atoms with E-state index in [2.05, 4.69) is 10.9 Å². The minimum Gasteiger partial charge on any atom is -0.454 e. The highest BCUT2D eigenvalue weighted by atomic mass is 16.7. The maximum Gasteiger partial charge on any atom is 0.269 e. The molecule has 128 valence electrons. The highest BCUT2D eigenvalue weighted by Crippen LogP contribution is 2.39. The molecular formula is C17H15N3O5. The number of nitro groups is 1. The summed E-state index contributed by atoms with van der Waals surface area (Å²) in [5.41, 5.74) is 8.92. The van der Waals surface area contributed by atoms with Crippen molar-refractivity contribution in [1.82, 2.24) is 10.9 Å². The van der Waals surface area contributed by atoms with Gasteiger partial charge in [-0.05, 0) is 35.2 Å². The molecule has 2 unspecified atom stereocenters. The quantitative estimate of drug-likeness (QED) is 0.497. The van der Waals surface area contributed by atoms with E-state index in [4.69, 9.17) is 9.47 Å². The summed E-state index contributed by atoms with van der Waals surface area (Å²) in [6.45, 7) is 0.170. The van der Waals surface area contributed by atoms with Crippen LogP contribution in [0.4, 0.5) is 5.69 Å². The lowest BCUT2D eigenvalue weighted by Crippen LogP contribution is -2.42. The number of carbonyl (C=O) groups is 1. The van der Waals surface area contributed by atoms with E-state index in [9.17, 15) is 14.9 Å². The number of hydrogen-bond donors (Lipinski definition) is 2. The van der Waals surface area contributed by atoms with E-state index in [1.54, 1.807) is 12.1 Å². The fourth-order valence-corrected chi connectivity index (χ4v) is 3.13. The maximum atomic E-state index is 11.3. The minimum absolute atomic E-state index is 0.0296. The number of rotatable bonds is 3. The van der Waals surface area contributed by atoms with Crippen LogP contribution in [0.5, 0.6) is 11.5 Å². The number of hydrazine groups is 1. The van der Waals surface area contributed by atoms with E-state index in [1.165, 1.54) is 12.1 Å². The summed E-state index contributed by atoms with van der Waals surface area (Å²) in [6, 6.07) is 9.45. The van der Waals surface area contributed by atoms with Crippen molar-refractivity contribution in [3.8, 4) is 11.5 Å². The van der Waals surface area contributed by atoms with Crippen molar-refractivity contribution in [2.24, 2.45) is 0 Å². The Labute approximate surface area is 142 Å². The van der Waals surface area contributed by atoms with E-state index in [0.717, 1.165) is 23.0 Å². The zero-order chi connectivity index (χ0) is 17.4. The molecule has 0 saturated heterocycles. The normalized spacial score (nSPS) is 21.3. The van der Waals surface area contributed by atoms with E-state index in [1.807, 2.05) is 12.1 Å². The van der Waals surface area contributed by atoms with Gasteiger partial charge in [-0.15, -0.1) is 0 Å². The molecule has 0 saturated carbocycles. The highest BCUT2D eigenvalue weighted by molar-refractivity contribution is 5.61. The molecule has 2 aromatic carbocycles. The Morgan fingerprint density at radius 3 is 2.52 bits per heavy atom. The SMILES string of the molecule is O=CC1Cc2cc3c(cc2C(c2ccc([N+](=O)[O-])cc2)NN1)OCO3. The van der Waals surface area contributed by atoms with Crippen molar-refractivity contribution in [2.75, 3.05) is 6.79 Å². The zero-order valence-electron chi connectivity index (χ0n) is 13.1. The number of fused-ring (bicyclic) bond motifs is 2. The number of non-ortho nitro benzene ring substituents is 1. The Morgan fingerprint density at radius 2 is 1.84 bits per heavy atom. The molecule has 2 N–H and O–H groups in total. The number of nitrogens with one attached hydrogen (secondary N) is 2. The molecule has 0 bridgehead atoms. The molecule has 0 amide bonds. The Bertz CT molecular complexity index is 837. The predicted molar refractivity (Wildman–Crippen MR) is 87.3 cm³/mol. The van der Waals surface area contributed by atoms with Crippen molar-refractivity contribution in [3.63, 3.8) is 0 Å². The molecule has 2 aromatic rings. The monoisotopic (exact) mass is 341 g/mol. The van der Waals surface area contributed by atoms with Crippen LogP contribution >= 0.6 is 0 Å².